The summed E-state index contributed by atoms with van der Waals surface area (Å²) in [5.74, 6) is -1.70. The van der Waals surface area contributed by atoms with E-state index in [1.54, 1.807) is 11.9 Å². The summed E-state index contributed by atoms with van der Waals surface area (Å²) in [6, 6.07) is 6.65. The van der Waals surface area contributed by atoms with Gasteiger partial charge in [0.15, 0.2) is 0 Å². The Kier molecular flexibility index (Phi) is 5.79. The molecule has 1 fully saturated rings. The zero-order chi connectivity index (χ0) is 21.6. The van der Waals surface area contributed by atoms with Crippen LogP contribution in [0.3, 0.4) is 0 Å². The third kappa shape index (κ3) is 4.80. The van der Waals surface area contributed by atoms with Gasteiger partial charge in [0.05, 0.1) is 23.0 Å². The van der Waals surface area contributed by atoms with Gasteiger partial charge < -0.3 is 4.90 Å². The summed E-state index contributed by atoms with van der Waals surface area (Å²) in [7, 11) is 1.62. The summed E-state index contributed by atoms with van der Waals surface area (Å²) in [5, 5.41) is 2.95. The molecule has 10 heteroatoms. The van der Waals surface area contributed by atoms with Crippen molar-refractivity contribution in [3.8, 4) is 0 Å². The smallest absolute Gasteiger partial charge is 0.341 e. The second-order valence-corrected chi connectivity index (χ2v) is 7.70. The molecular formula is C19H17F7N2S. The Hall–Kier alpha value is -1.94. The molecule has 1 aliphatic rings. The first kappa shape index (κ1) is 21.8. The Labute approximate surface area is 167 Å². The number of hydrogen-bond acceptors (Lipinski definition) is 3. The molecule has 2 atom stereocenters. The second-order valence-electron chi connectivity index (χ2n) is 6.68. The molecule has 1 N–H and O–H groups in total. The maximum absolute atomic E-state index is 14.6. The Balaban J connectivity index is 1.88. The van der Waals surface area contributed by atoms with Crippen molar-refractivity contribution in [2.24, 2.45) is 0 Å². The van der Waals surface area contributed by atoms with E-state index in [0.29, 0.717) is 27.8 Å². The molecule has 2 unspecified atom stereocenters. The monoisotopic (exact) mass is 438 g/mol. The van der Waals surface area contributed by atoms with Crippen LogP contribution in [0.15, 0.2) is 41.3 Å². The zero-order valence-electron chi connectivity index (χ0n) is 15.3. The van der Waals surface area contributed by atoms with E-state index in [2.05, 4.69) is 5.32 Å². The fourth-order valence-corrected chi connectivity index (χ4v) is 4.00. The molecular weight excluding hydrogens is 421 g/mol. The van der Waals surface area contributed by atoms with Gasteiger partial charge in [-0.15, -0.1) is 11.8 Å². The minimum Gasteiger partial charge on any atom is -0.341 e. The van der Waals surface area contributed by atoms with Gasteiger partial charge in [0.1, 0.15) is 12.0 Å². The molecule has 2 aromatic carbocycles. The van der Waals surface area contributed by atoms with Gasteiger partial charge in [0.25, 0.3) is 0 Å². The Morgan fingerprint density at radius 1 is 1.03 bits per heavy atom. The van der Waals surface area contributed by atoms with Crippen molar-refractivity contribution in [1.29, 1.82) is 0 Å². The van der Waals surface area contributed by atoms with Crippen LogP contribution >= 0.6 is 11.8 Å². The predicted octanol–water partition coefficient (Wildman–Crippen LogP) is 5.91. The number of halogens is 7. The zero-order valence-corrected chi connectivity index (χ0v) is 16.1. The largest absolute Gasteiger partial charge is 0.416 e. The maximum atomic E-state index is 14.6. The van der Waals surface area contributed by atoms with E-state index >= 15 is 0 Å². The average Bonchev–Trinajstić information content (AvgIpc) is 3.33. The number of rotatable bonds is 5. The van der Waals surface area contributed by atoms with Crippen molar-refractivity contribution in [2.45, 2.75) is 36.4 Å². The van der Waals surface area contributed by atoms with Gasteiger partial charge in [-0.2, -0.15) is 26.3 Å². The fourth-order valence-electron chi connectivity index (χ4n) is 3.20. The average molecular weight is 438 g/mol. The molecule has 0 radical (unpaired) electrons. The van der Waals surface area contributed by atoms with E-state index in [9.17, 15) is 30.7 Å². The van der Waals surface area contributed by atoms with Gasteiger partial charge in [-0.05, 0) is 49.4 Å². The van der Waals surface area contributed by atoms with E-state index in [1.165, 1.54) is 31.2 Å². The topological polar surface area (TPSA) is 15.0 Å². The van der Waals surface area contributed by atoms with E-state index < -0.39 is 35.5 Å². The van der Waals surface area contributed by atoms with Crippen LogP contribution in [-0.2, 0) is 6.18 Å². The number of nitrogens with zero attached hydrogens (tertiary/aromatic N) is 1. The van der Waals surface area contributed by atoms with E-state index in [4.69, 9.17) is 0 Å². The summed E-state index contributed by atoms with van der Waals surface area (Å²) in [6.07, 6.45) is -9.20. The number of hydrogen-bond donors (Lipinski definition) is 1. The van der Waals surface area contributed by atoms with Gasteiger partial charge in [-0.3, -0.25) is 5.32 Å². The normalized spacial score (nSPS) is 19.6. The van der Waals surface area contributed by atoms with Gasteiger partial charge in [0, 0.05) is 4.90 Å². The second kappa shape index (κ2) is 7.71. The molecule has 1 saturated heterocycles. The Morgan fingerprint density at radius 3 is 2.17 bits per heavy atom. The maximum Gasteiger partial charge on any atom is 0.416 e. The molecule has 0 saturated carbocycles. The Bertz CT molecular complexity index is 878. The number of anilines is 1. The number of likely N-dealkylation sites (N-methyl/N-ethyl adjacent to an activating group) is 1. The van der Waals surface area contributed by atoms with Crippen LogP contribution in [0.4, 0.5) is 36.4 Å². The first-order valence-electron chi connectivity index (χ1n) is 8.55. The van der Waals surface area contributed by atoms with Crippen LogP contribution in [0.2, 0.25) is 0 Å². The van der Waals surface area contributed by atoms with Crippen molar-refractivity contribution in [2.75, 3.05) is 17.7 Å². The molecule has 0 spiro atoms. The summed E-state index contributed by atoms with van der Waals surface area (Å²) in [6.45, 7) is 1.52. The molecule has 0 aromatic heterocycles. The number of alkyl halides is 6. The van der Waals surface area contributed by atoms with Crippen LogP contribution in [-0.4, -0.2) is 25.1 Å². The van der Waals surface area contributed by atoms with Crippen molar-refractivity contribution in [3.05, 3.63) is 58.9 Å². The first-order chi connectivity index (χ1) is 13.4. The summed E-state index contributed by atoms with van der Waals surface area (Å²) in [5.41, 5.74) is 0.239. The number of aryl methyl sites for hydroxylation is 1. The lowest BCUT2D eigenvalue weighted by Crippen LogP contribution is -2.16. The molecule has 3 rings (SSSR count). The van der Waals surface area contributed by atoms with Crippen LogP contribution in [0.1, 0.15) is 22.7 Å². The first-order valence-corrected chi connectivity index (χ1v) is 9.53. The van der Waals surface area contributed by atoms with Crippen molar-refractivity contribution >= 4 is 17.4 Å². The van der Waals surface area contributed by atoms with E-state index in [-0.39, 0.29) is 11.9 Å². The molecule has 1 aliphatic heterocycles. The third-order valence-corrected chi connectivity index (χ3v) is 5.82. The van der Waals surface area contributed by atoms with Crippen molar-refractivity contribution in [1.82, 2.24) is 5.32 Å². The lowest BCUT2D eigenvalue weighted by Gasteiger charge is -2.14. The highest BCUT2D eigenvalue weighted by atomic mass is 32.2. The standard InChI is InChI=1S/C19H17F7N2S/c1-10-7-13(20)14(8-15(10)29-9-18(21,22)23)28-16(17(28)27-2)11-3-5-12(6-4-11)19(24,25)26/h3-8,16-17,27H,9H2,1-2H3. The summed E-state index contributed by atoms with van der Waals surface area (Å²) >= 11 is 0.569. The third-order valence-electron chi connectivity index (χ3n) is 4.60. The molecule has 29 heavy (non-hydrogen) atoms. The van der Waals surface area contributed by atoms with Crippen molar-refractivity contribution < 1.29 is 30.7 Å². The molecule has 1 heterocycles. The van der Waals surface area contributed by atoms with E-state index in [1.807, 2.05) is 0 Å². The highest BCUT2D eigenvalue weighted by molar-refractivity contribution is 7.99. The minimum atomic E-state index is -4.46. The van der Waals surface area contributed by atoms with Crippen LogP contribution in [0.25, 0.3) is 0 Å². The molecule has 0 amide bonds. The number of benzene rings is 2. The lowest BCUT2D eigenvalue weighted by molar-refractivity contribution is -0.137. The van der Waals surface area contributed by atoms with Gasteiger partial charge in [-0.25, -0.2) is 4.39 Å². The van der Waals surface area contributed by atoms with Gasteiger partial charge in [0.2, 0.25) is 0 Å². The quantitative estimate of drug-likeness (QED) is 0.355. The van der Waals surface area contributed by atoms with Gasteiger partial charge in [-0.1, -0.05) is 12.1 Å². The minimum absolute atomic E-state index is 0.101. The molecule has 0 aliphatic carbocycles. The number of thioether (sulfide) groups is 1. The fraction of sp³-hybridized carbons (Fsp3) is 0.368. The van der Waals surface area contributed by atoms with Crippen molar-refractivity contribution in [3.63, 3.8) is 0 Å². The molecule has 158 valence electrons. The highest BCUT2D eigenvalue weighted by Crippen LogP contribution is 2.48. The lowest BCUT2D eigenvalue weighted by atomic mass is 10.1. The Morgan fingerprint density at radius 2 is 1.66 bits per heavy atom. The SMILES string of the molecule is CNC1C(c2ccc(C(F)(F)F)cc2)N1c1cc(SCC(F)(F)F)c(C)cc1F. The van der Waals surface area contributed by atoms with Crippen LogP contribution in [0, 0.1) is 12.7 Å². The molecule has 2 nitrogen and oxygen atoms in total. The number of nitrogens with one attached hydrogen (secondary N) is 1. The predicted molar refractivity (Wildman–Crippen MR) is 97.4 cm³/mol. The van der Waals surface area contributed by atoms with Crippen LogP contribution < -0.4 is 10.2 Å². The van der Waals surface area contributed by atoms with E-state index in [0.717, 1.165) is 12.1 Å². The van der Waals surface area contributed by atoms with Crippen LogP contribution in [0.5, 0.6) is 0 Å². The molecule has 0 bridgehead atoms. The summed E-state index contributed by atoms with van der Waals surface area (Å²) in [4.78, 5) is 1.89. The highest BCUT2D eigenvalue weighted by Gasteiger charge is 2.49. The molecule has 2 aromatic rings. The summed E-state index contributed by atoms with van der Waals surface area (Å²) < 4.78 is 90.5. The van der Waals surface area contributed by atoms with Gasteiger partial charge >= 0.3 is 12.4 Å².